The smallest absolute Gasteiger partial charge is 0.234 e. The minimum atomic E-state index is 0.271. The molecule has 0 bridgehead atoms. The highest BCUT2D eigenvalue weighted by Crippen LogP contribution is 2.38. The van der Waals surface area contributed by atoms with Crippen molar-refractivity contribution in [2.45, 2.75) is 25.7 Å². The van der Waals surface area contributed by atoms with Gasteiger partial charge in [0.15, 0.2) is 5.65 Å². The van der Waals surface area contributed by atoms with Crippen LogP contribution in [-0.2, 0) is 0 Å². The summed E-state index contributed by atoms with van der Waals surface area (Å²) in [7, 11) is 0. The molecule has 4 aromatic rings. The molecular formula is C29H25N5O. The summed E-state index contributed by atoms with van der Waals surface area (Å²) in [5.41, 5.74) is 4.24. The van der Waals surface area contributed by atoms with Gasteiger partial charge in [-0.1, -0.05) is 60.7 Å². The second-order valence-electron chi connectivity index (χ2n) is 8.59. The molecular weight excluding hydrogens is 434 g/mol. The number of fused-ring (bicyclic) bond motifs is 1. The molecule has 0 amide bonds. The van der Waals surface area contributed by atoms with E-state index in [1.54, 1.807) is 0 Å². The first kappa shape index (κ1) is 22.4. The Morgan fingerprint density at radius 2 is 1.63 bits per heavy atom. The molecule has 6 heteroatoms. The van der Waals surface area contributed by atoms with Crippen LogP contribution in [-0.4, -0.2) is 29.7 Å². The molecule has 0 radical (unpaired) electrons. The molecule has 172 valence electrons. The van der Waals surface area contributed by atoms with E-state index in [0.717, 1.165) is 31.5 Å². The topological polar surface area (TPSA) is 85.8 Å². The number of benzene rings is 2. The number of nitriles is 2. The fourth-order valence-electron chi connectivity index (χ4n) is 4.88. The molecule has 2 aromatic heterocycles. The fraction of sp³-hybridized carbons (Fsp3) is 0.241. The average molecular weight is 460 g/mol. The number of piperidine rings is 1. The molecule has 0 atom stereocenters. The van der Waals surface area contributed by atoms with Gasteiger partial charge in [0, 0.05) is 24.0 Å². The lowest BCUT2D eigenvalue weighted by Gasteiger charge is -2.33. The van der Waals surface area contributed by atoms with E-state index in [1.165, 1.54) is 5.56 Å². The quantitative estimate of drug-likeness (QED) is 0.374. The Balaban J connectivity index is 1.60. The maximum Gasteiger partial charge on any atom is 0.234 e. The van der Waals surface area contributed by atoms with Crippen molar-refractivity contribution < 1.29 is 4.74 Å². The van der Waals surface area contributed by atoms with Crippen LogP contribution >= 0.6 is 0 Å². The summed E-state index contributed by atoms with van der Waals surface area (Å²) in [6.45, 7) is 3.88. The molecule has 35 heavy (non-hydrogen) atoms. The summed E-state index contributed by atoms with van der Waals surface area (Å²) in [6.07, 6.45) is 1.99. The number of anilines is 1. The lowest BCUT2D eigenvalue weighted by atomic mass is 9.89. The number of ether oxygens (including phenoxy) is 1. The van der Waals surface area contributed by atoms with Crippen molar-refractivity contribution in [1.82, 2.24) is 9.97 Å². The van der Waals surface area contributed by atoms with Gasteiger partial charge in [-0.3, -0.25) is 0 Å². The molecule has 1 aliphatic heterocycles. The van der Waals surface area contributed by atoms with Crippen LogP contribution in [0.4, 0.5) is 5.82 Å². The molecule has 6 nitrogen and oxygen atoms in total. The number of nitrogens with zero attached hydrogens (tertiary/aromatic N) is 5. The largest absolute Gasteiger partial charge is 0.477 e. The van der Waals surface area contributed by atoms with Crippen molar-refractivity contribution in [3.63, 3.8) is 0 Å². The van der Waals surface area contributed by atoms with Crippen molar-refractivity contribution in [2.75, 3.05) is 24.6 Å². The third kappa shape index (κ3) is 4.27. The van der Waals surface area contributed by atoms with Crippen molar-refractivity contribution in [3.05, 3.63) is 83.4 Å². The zero-order chi connectivity index (χ0) is 24.2. The van der Waals surface area contributed by atoms with Crippen molar-refractivity contribution in [2.24, 2.45) is 0 Å². The Hall–Kier alpha value is -4.42. The van der Waals surface area contributed by atoms with Crippen LogP contribution in [0.15, 0.2) is 66.7 Å². The first-order chi connectivity index (χ1) is 17.2. The van der Waals surface area contributed by atoms with Crippen LogP contribution in [0.1, 0.15) is 42.4 Å². The highest BCUT2D eigenvalue weighted by molar-refractivity contribution is 5.98. The summed E-state index contributed by atoms with van der Waals surface area (Å²) in [5, 5.41) is 20.7. The van der Waals surface area contributed by atoms with E-state index in [2.05, 4.69) is 46.3 Å². The summed E-state index contributed by atoms with van der Waals surface area (Å²) >= 11 is 0. The SMILES string of the molecule is CCOc1nc2nc(N3CCC(c4ccccc4)CC3)c(C#N)cc2c(-c2ccccc2)c1C#N. The third-order valence-electron chi connectivity index (χ3n) is 6.56. The van der Waals surface area contributed by atoms with Crippen LogP contribution in [0.5, 0.6) is 5.88 Å². The van der Waals surface area contributed by atoms with Crippen molar-refractivity contribution in [1.29, 1.82) is 10.5 Å². The van der Waals surface area contributed by atoms with E-state index < -0.39 is 0 Å². The number of hydrogen-bond acceptors (Lipinski definition) is 6. The molecule has 1 aliphatic rings. The third-order valence-corrected chi connectivity index (χ3v) is 6.56. The Morgan fingerprint density at radius 1 is 0.943 bits per heavy atom. The molecule has 2 aromatic carbocycles. The molecule has 0 unspecified atom stereocenters. The Bertz CT molecular complexity index is 1430. The van der Waals surface area contributed by atoms with Crippen LogP contribution in [0.3, 0.4) is 0 Å². The molecule has 1 saturated heterocycles. The Kier molecular flexibility index (Phi) is 6.28. The van der Waals surface area contributed by atoms with Gasteiger partial charge in [-0.15, -0.1) is 0 Å². The molecule has 0 saturated carbocycles. The summed E-state index contributed by atoms with van der Waals surface area (Å²) in [6, 6.07) is 26.7. The highest BCUT2D eigenvalue weighted by Gasteiger charge is 2.26. The lowest BCUT2D eigenvalue weighted by Crippen LogP contribution is -2.34. The summed E-state index contributed by atoms with van der Waals surface area (Å²) in [4.78, 5) is 11.7. The van der Waals surface area contributed by atoms with E-state index in [0.29, 0.717) is 46.1 Å². The van der Waals surface area contributed by atoms with Gasteiger partial charge in [-0.05, 0) is 42.9 Å². The Labute approximate surface area is 205 Å². The first-order valence-corrected chi connectivity index (χ1v) is 11.9. The second-order valence-corrected chi connectivity index (χ2v) is 8.59. The number of pyridine rings is 2. The zero-order valence-electron chi connectivity index (χ0n) is 19.6. The van der Waals surface area contributed by atoms with E-state index in [1.807, 2.05) is 49.4 Å². The second kappa shape index (κ2) is 9.83. The summed E-state index contributed by atoms with van der Waals surface area (Å²) in [5.74, 6) is 1.42. The van der Waals surface area contributed by atoms with Gasteiger partial charge in [-0.25, -0.2) is 4.98 Å². The average Bonchev–Trinajstić information content (AvgIpc) is 2.93. The van der Waals surface area contributed by atoms with E-state index in [4.69, 9.17) is 9.72 Å². The lowest BCUT2D eigenvalue weighted by molar-refractivity contribution is 0.327. The molecule has 5 rings (SSSR count). The zero-order valence-corrected chi connectivity index (χ0v) is 19.6. The van der Waals surface area contributed by atoms with Crippen LogP contribution < -0.4 is 9.64 Å². The normalized spacial score (nSPS) is 13.9. The van der Waals surface area contributed by atoms with Crippen molar-refractivity contribution >= 4 is 16.9 Å². The van der Waals surface area contributed by atoms with Gasteiger partial charge in [-0.2, -0.15) is 15.5 Å². The predicted octanol–water partition coefficient (Wildman–Crippen LogP) is 5.82. The van der Waals surface area contributed by atoms with Gasteiger partial charge in [0.05, 0.1) is 12.2 Å². The van der Waals surface area contributed by atoms with Gasteiger partial charge < -0.3 is 9.64 Å². The van der Waals surface area contributed by atoms with Gasteiger partial charge in [0.25, 0.3) is 0 Å². The highest BCUT2D eigenvalue weighted by atomic mass is 16.5. The number of aromatic nitrogens is 2. The van der Waals surface area contributed by atoms with Gasteiger partial charge in [0.1, 0.15) is 23.5 Å². The summed E-state index contributed by atoms with van der Waals surface area (Å²) < 4.78 is 5.75. The molecule has 3 heterocycles. The number of rotatable bonds is 5. The van der Waals surface area contributed by atoms with Gasteiger partial charge in [0.2, 0.25) is 5.88 Å². The van der Waals surface area contributed by atoms with Crippen molar-refractivity contribution in [3.8, 4) is 29.1 Å². The minimum absolute atomic E-state index is 0.271. The monoisotopic (exact) mass is 459 g/mol. The van der Waals surface area contributed by atoms with Crippen LogP contribution in [0.2, 0.25) is 0 Å². The molecule has 0 N–H and O–H groups in total. The molecule has 1 fully saturated rings. The molecule has 0 spiro atoms. The minimum Gasteiger partial charge on any atom is -0.477 e. The standard InChI is InChI=1S/C29H25N5O/c1-2-35-29-25(19-31)26(22-11-7-4-8-12-22)24-17-23(18-30)28(32-27(24)33-29)34-15-13-21(14-16-34)20-9-5-3-6-10-20/h3-12,17,21H,2,13-16H2,1H3. The van der Waals surface area contributed by atoms with Crippen LogP contribution in [0, 0.1) is 22.7 Å². The van der Waals surface area contributed by atoms with Crippen LogP contribution in [0.25, 0.3) is 22.2 Å². The fourth-order valence-corrected chi connectivity index (χ4v) is 4.88. The Morgan fingerprint density at radius 3 is 2.26 bits per heavy atom. The van der Waals surface area contributed by atoms with E-state index >= 15 is 0 Å². The van der Waals surface area contributed by atoms with E-state index in [9.17, 15) is 10.5 Å². The first-order valence-electron chi connectivity index (χ1n) is 11.9. The number of hydrogen-bond donors (Lipinski definition) is 0. The predicted molar refractivity (Wildman–Crippen MR) is 136 cm³/mol. The maximum absolute atomic E-state index is 10.0. The molecule has 0 aliphatic carbocycles. The van der Waals surface area contributed by atoms with E-state index in [-0.39, 0.29) is 5.88 Å². The maximum atomic E-state index is 10.0. The van der Waals surface area contributed by atoms with Gasteiger partial charge >= 0.3 is 0 Å².